The average Bonchev–Trinajstić information content (AvgIpc) is 4.18. The van der Waals surface area contributed by atoms with Crippen molar-refractivity contribution in [2.24, 2.45) is 22.4 Å². The molecule has 2 aromatic heterocycles. The fraction of sp³-hybridized carbons (Fsp3) is 0.443. The molecule has 0 aliphatic carbocycles. The molecule has 0 N–H and O–H groups in total. The maximum Gasteiger partial charge on any atom is 0.374 e. The summed E-state index contributed by atoms with van der Waals surface area (Å²) in [6, 6.07) is 23.1. The van der Waals surface area contributed by atoms with E-state index in [2.05, 4.69) is 17.2 Å². The topological polar surface area (TPSA) is 215 Å². The van der Waals surface area contributed by atoms with Gasteiger partial charge in [0.1, 0.15) is 55.0 Å². The summed E-state index contributed by atoms with van der Waals surface area (Å²) in [5.74, 6) is -0.932. The summed E-state index contributed by atoms with van der Waals surface area (Å²) in [5.41, 5.74) is 2.80. The highest BCUT2D eigenvalue weighted by Crippen LogP contribution is 2.50. The number of fused-ring (bicyclic) bond motifs is 3. The maximum absolute atomic E-state index is 14.7. The van der Waals surface area contributed by atoms with Crippen molar-refractivity contribution in [1.82, 2.24) is 9.88 Å². The molecule has 0 spiro atoms. The van der Waals surface area contributed by atoms with Gasteiger partial charge < -0.3 is 47.6 Å². The minimum atomic E-state index is -1.18. The Bertz CT molecular complexity index is 3240. The number of hydrogen-bond acceptors (Lipinski definition) is 18. The van der Waals surface area contributed by atoms with Crippen molar-refractivity contribution in [3.05, 3.63) is 140 Å². The number of carbonyl (C=O) groups is 5. The van der Waals surface area contributed by atoms with E-state index in [1.54, 1.807) is 94.3 Å². The van der Waals surface area contributed by atoms with Gasteiger partial charge in [0, 0.05) is 61.7 Å². The number of methoxy groups -OCH3 is 3. The standard InChI is InChI=1S/C61H69BN5O14S2/c1-36-63-48(35-82-36)55(64-81-53(28-61(2,3)4)59(71)78-32-38-11-19-45(75-7)20-12-38)51(69)26-47-57(70)66-56(60(72)79-33-39-13-21-46(76-8)22-14-39)41(34-83-58(47)66)30-67(5)42-15-16-43(67)24-40(23-42)25-50(68)49-27-52(80-62)54(29-65(49)73)77-31-37-9-17-44(74-6)18-10-37/h9-14,17-22,27,29,35,40,42-43,47,53,58H,15-16,23-26,28,30-34H2,1-8H3/q+1/b64-55-/t40?,42-,43+,47-,53+,58-,67?/m1/s1. The van der Waals surface area contributed by atoms with E-state index in [9.17, 15) is 29.2 Å². The van der Waals surface area contributed by atoms with E-state index in [1.165, 1.54) is 34.1 Å². The number of esters is 2. The van der Waals surface area contributed by atoms with Crippen molar-refractivity contribution in [3.63, 3.8) is 0 Å². The average molecular weight is 1170 g/mol. The van der Waals surface area contributed by atoms with Crippen molar-refractivity contribution >= 4 is 66.3 Å². The van der Waals surface area contributed by atoms with Crippen LogP contribution >= 0.6 is 23.1 Å². The fourth-order valence-corrected chi connectivity index (χ4v) is 13.5. The van der Waals surface area contributed by atoms with E-state index in [-0.39, 0.29) is 97.2 Å². The predicted octanol–water partition coefficient (Wildman–Crippen LogP) is 8.57. The lowest BCUT2D eigenvalue weighted by atomic mass is 9.84. The molecule has 2 unspecified atom stereocenters. The molecule has 3 aromatic carbocycles. The van der Waals surface area contributed by atoms with Gasteiger partial charge in [-0.05, 0) is 71.3 Å². The molecule has 9 rings (SSSR count). The number of quaternary nitrogens is 1. The molecule has 2 bridgehead atoms. The van der Waals surface area contributed by atoms with E-state index in [4.69, 9.17) is 46.0 Å². The number of piperidine rings is 1. The first kappa shape index (κ1) is 60.2. The number of nitrogens with zero attached hydrogens (tertiary/aromatic N) is 5. The van der Waals surface area contributed by atoms with Gasteiger partial charge in [0.05, 0.1) is 62.8 Å². The van der Waals surface area contributed by atoms with Gasteiger partial charge in [-0.1, -0.05) is 62.3 Å². The van der Waals surface area contributed by atoms with E-state index in [0.29, 0.717) is 56.6 Å². The number of carbonyl (C=O) groups excluding carboxylic acids is 5. The van der Waals surface area contributed by atoms with Crippen LogP contribution < -0.4 is 28.3 Å². The van der Waals surface area contributed by atoms with Gasteiger partial charge in [0.25, 0.3) is 5.69 Å². The molecule has 436 valence electrons. The van der Waals surface area contributed by atoms with Crippen LogP contribution in [0.2, 0.25) is 0 Å². The minimum Gasteiger partial charge on any atom is -0.618 e. The van der Waals surface area contributed by atoms with Crippen LogP contribution in [0.5, 0.6) is 28.7 Å². The first-order valence-electron chi connectivity index (χ1n) is 27.5. The molecule has 0 saturated carbocycles. The molecule has 22 heteroatoms. The monoisotopic (exact) mass is 1170 g/mol. The van der Waals surface area contributed by atoms with Gasteiger partial charge in [0.2, 0.25) is 29.7 Å². The SMILES string of the molecule is [B]Oc1cc(C(=O)CC2C[C@H]3CC[C@@H](C2)[N+]3(C)CC2=C(C(=O)OCc3ccc(OC)cc3)N3C(=O)[C@@H](CC(=O)/C(=N\O[C@@H](CC(C)(C)C)C(=O)OCc4ccc(OC)cc4)c4csc(C)n4)[C@H]3SC2)[n+]([O-])cc1OCc1ccc(OC)cc1. The first-order valence-corrected chi connectivity index (χ1v) is 29.4. The number of benzene rings is 3. The van der Waals surface area contributed by atoms with Gasteiger partial charge in [-0.15, -0.1) is 23.1 Å². The van der Waals surface area contributed by atoms with Gasteiger partial charge in [-0.2, -0.15) is 4.73 Å². The first-order chi connectivity index (χ1) is 39.8. The van der Waals surface area contributed by atoms with Gasteiger partial charge >= 0.3 is 20.0 Å². The quantitative estimate of drug-likeness (QED) is 0.00616. The molecule has 3 saturated heterocycles. The highest BCUT2D eigenvalue weighted by molar-refractivity contribution is 8.00. The largest absolute Gasteiger partial charge is 0.618 e. The Kier molecular flexibility index (Phi) is 18.9. The van der Waals surface area contributed by atoms with Crippen LogP contribution in [-0.2, 0) is 53.3 Å². The third-order valence-corrected chi connectivity index (χ3v) is 18.1. The zero-order chi connectivity index (χ0) is 59.2. The number of amides is 1. The number of pyridine rings is 1. The number of β-lactam (4-membered cyclic amide) rings is 1. The number of rotatable bonds is 25. The van der Waals surface area contributed by atoms with Crippen molar-refractivity contribution in [2.75, 3.05) is 40.7 Å². The summed E-state index contributed by atoms with van der Waals surface area (Å²) >= 11 is 2.80. The number of Topliss-reactive ketones (excluding diaryl/α,β-unsaturated/α-hetero) is 2. The summed E-state index contributed by atoms with van der Waals surface area (Å²) in [4.78, 5) is 83.5. The molecule has 1 amide bonds. The van der Waals surface area contributed by atoms with Crippen molar-refractivity contribution in [3.8, 4) is 28.7 Å². The lowest BCUT2D eigenvalue weighted by Gasteiger charge is -2.52. The Hall–Kier alpha value is -7.43. The zero-order valence-electron chi connectivity index (χ0n) is 48.0. The lowest BCUT2D eigenvalue weighted by Crippen LogP contribution is -2.64. The maximum atomic E-state index is 14.7. The van der Waals surface area contributed by atoms with Crippen molar-refractivity contribution in [1.29, 1.82) is 0 Å². The summed E-state index contributed by atoms with van der Waals surface area (Å²) in [6.07, 6.45) is 3.22. The number of aryl methyl sites for hydroxylation is 1. The molecule has 5 aromatic rings. The van der Waals surface area contributed by atoms with Crippen LogP contribution in [-0.4, -0.2) is 122 Å². The fourth-order valence-electron chi connectivity index (χ4n) is 11.5. The van der Waals surface area contributed by atoms with Crippen molar-refractivity contribution in [2.45, 2.75) is 116 Å². The Labute approximate surface area is 492 Å². The molecule has 83 heavy (non-hydrogen) atoms. The van der Waals surface area contributed by atoms with Gasteiger partial charge in [-0.3, -0.25) is 19.3 Å². The summed E-state index contributed by atoms with van der Waals surface area (Å²) in [7, 11) is 12.5. The number of hydrogen-bond donors (Lipinski definition) is 0. The van der Waals surface area contributed by atoms with Gasteiger partial charge in [0.15, 0.2) is 17.2 Å². The smallest absolute Gasteiger partial charge is 0.374 e. The molecule has 4 aliphatic rings. The molecule has 19 nitrogen and oxygen atoms in total. The number of aromatic nitrogens is 2. The number of thioether (sulfide) groups is 1. The minimum absolute atomic E-state index is 0.0260. The predicted molar refractivity (Wildman–Crippen MR) is 310 cm³/mol. The zero-order valence-corrected chi connectivity index (χ0v) is 49.6. The molecule has 2 radical (unpaired) electrons. The number of thiazole rings is 1. The highest BCUT2D eigenvalue weighted by atomic mass is 32.2. The molecular formula is C61H69BN5O14S2+. The summed E-state index contributed by atoms with van der Waals surface area (Å²) in [5, 5.41) is 19.5. The van der Waals surface area contributed by atoms with E-state index in [1.807, 2.05) is 32.9 Å². The molecule has 6 heterocycles. The third kappa shape index (κ3) is 14.0. The van der Waals surface area contributed by atoms with Crippen LogP contribution in [0, 0.1) is 29.4 Å². The van der Waals surface area contributed by atoms with Crippen LogP contribution in [0.3, 0.4) is 0 Å². The van der Waals surface area contributed by atoms with Crippen LogP contribution in [0.15, 0.2) is 107 Å². The second kappa shape index (κ2) is 26.0. The number of ether oxygens (including phenoxy) is 6. The number of likely N-dealkylation sites (N-methyl/N-ethyl adjacent to an activating group) is 1. The second-order valence-corrected chi connectivity index (χ2v) is 25.0. The second-order valence-electron chi connectivity index (χ2n) is 22.8. The highest BCUT2D eigenvalue weighted by Gasteiger charge is 2.57. The Balaban J connectivity index is 0.908. The Morgan fingerprint density at radius 2 is 1.42 bits per heavy atom. The normalized spacial score (nSPS) is 21.5. The van der Waals surface area contributed by atoms with Crippen LogP contribution in [0.4, 0.5) is 0 Å². The lowest BCUT2D eigenvalue weighted by molar-refractivity contribution is -0.945. The van der Waals surface area contributed by atoms with Gasteiger partial charge in [-0.25, -0.2) is 14.6 Å². The molecule has 4 aliphatic heterocycles. The van der Waals surface area contributed by atoms with E-state index < -0.39 is 46.4 Å². The van der Waals surface area contributed by atoms with Crippen LogP contribution in [0.1, 0.15) is 104 Å². The van der Waals surface area contributed by atoms with Crippen molar-refractivity contribution < 1.29 is 71.1 Å². The molecule has 3 fully saturated rings. The van der Waals surface area contributed by atoms with E-state index >= 15 is 0 Å². The Morgan fingerprint density at radius 3 is 1.96 bits per heavy atom. The van der Waals surface area contributed by atoms with Crippen LogP contribution in [0.25, 0.3) is 0 Å². The van der Waals surface area contributed by atoms with E-state index in [0.717, 1.165) is 41.3 Å². The number of oxime groups is 1. The summed E-state index contributed by atoms with van der Waals surface area (Å²) < 4.78 is 39.6. The number of ketones is 2. The Morgan fingerprint density at radius 1 is 0.843 bits per heavy atom. The molecule has 7 atom stereocenters. The third-order valence-electron chi connectivity index (χ3n) is 15.9. The summed E-state index contributed by atoms with van der Waals surface area (Å²) in [6.45, 7) is 8.11. The molecular weight excluding hydrogens is 1100 g/mol.